The molecule has 0 aliphatic heterocycles. The standard InChI is InChI=1S/C20H18N4O4/c25-23(26)18-11-12-19(20(13-18)24(27)28)21-22(14-16-7-3-1-4-8-16)15-17-9-5-2-6-10-17/h1-13,21H,14-15H2. The molecule has 0 fully saturated rings. The lowest BCUT2D eigenvalue weighted by Gasteiger charge is -2.24. The fourth-order valence-electron chi connectivity index (χ4n) is 2.79. The van der Waals surface area contributed by atoms with E-state index in [1.165, 1.54) is 12.1 Å². The quantitative estimate of drug-likeness (QED) is 0.456. The molecule has 142 valence electrons. The van der Waals surface area contributed by atoms with Crippen molar-refractivity contribution < 1.29 is 9.85 Å². The molecule has 0 amide bonds. The number of nitro benzene ring substituents is 2. The summed E-state index contributed by atoms with van der Waals surface area (Å²) in [6.07, 6.45) is 0. The van der Waals surface area contributed by atoms with E-state index in [-0.39, 0.29) is 17.1 Å². The van der Waals surface area contributed by atoms with Crippen molar-refractivity contribution in [1.82, 2.24) is 5.01 Å². The van der Waals surface area contributed by atoms with Crippen LogP contribution in [0.4, 0.5) is 17.1 Å². The summed E-state index contributed by atoms with van der Waals surface area (Å²) in [6.45, 7) is 0.980. The molecular weight excluding hydrogens is 360 g/mol. The second-order valence-corrected chi connectivity index (χ2v) is 6.15. The van der Waals surface area contributed by atoms with Crippen LogP contribution in [0, 0.1) is 20.2 Å². The molecule has 0 unspecified atom stereocenters. The van der Waals surface area contributed by atoms with E-state index in [1.807, 2.05) is 65.7 Å². The van der Waals surface area contributed by atoms with Crippen molar-refractivity contribution in [3.63, 3.8) is 0 Å². The minimum atomic E-state index is -0.650. The monoisotopic (exact) mass is 378 g/mol. The minimum Gasteiger partial charge on any atom is -0.312 e. The lowest BCUT2D eigenvalue weighted by atomic mass is 10.2. The molecule has 1 N–H and O–H groups in total. The number of non-ortho nitro benzene ring substituents is 1. The first kappa shape index (κ1) is 19.0. The molecule has 28 heavy (non-hydrogen) atoms. The maximum atomic E-state index is 11.4. The molecule has 0 bridgehead atoms. The fourth-order valence-corrected chi connectivity index (χ4v) is 2.79. The highest BCUT2D eigenvalue weighted by Crippen LogP contribution is 2.30. The van der Waals surface area contributed by atoms with Crippen molar-refractivity contribution in [3.8, 4) is 0 Å². The molecule has 0 aromatic heterocycles. The Balaban J connectivity index is 1.90. The molecule has 0 saturated heterocycles. The molecule has 3 aromatic carbocycles. The average molecular weight is 378 g/mol. The summed E-state index contributed by atoms with van der Waals surface area (Å²) in [7, 11) is 0. The molecule has 8 nitrogen and oxygen atoms in total. The van der Waals surface area contributed by atoms with Gasteiger partial charge in [-0.1, -0.05) is 60.7 Å². The summed E-state index contributed by atoms with van der Waals surface area (Å²) >= 11 is 0. The summed E-state index contributed by atoms with van der Waals surface area (Å²) < 4.78 is 0. The number of rotatable bonds is 8. The van der Waals surface area contributed by atoms with Crippen LogP contribution in [0.1, 0.15) is 11.1 Å². The summed E-state index contributed by atoms with van der Waals surface area (Å²) in [5, 5.41) is 24.2. The smallest absolute Gasteiger partial charge is 0.300 e. The molecule has 0 saturated carbocycles. The average Bonchev–Trinajstić information content (AvgIpc) is 2.69. The fraction of sp³-hybridized carbons (Fsp3) is 0.100. The SMILES string of the molecule is O=[N+]([O-])c1ccc(NN(Cc2ccccc2)Cc2ccccc2)c([N+](=O)[O-])c1. The maximum absolute atomic E-state index is 11.4. The van der Waals surface area contributed by atoms with E-state index in [4.69, 9.17) is 0 Å². The van der Waals surface area contributed by atoms with Gasteiger partial charge < -0.3 is 5.43 Å². The lowest BCUT2D eigenvalue weighted by Crippen LogP contribution is -2.29. The third-order valence-corrected chi connectivity index (χ3v) is 4.10. The van der Waals surface area contributed by atoms with Crippen LogP contribution in [0.5, 0.6) is 0 Å². The van der Waals surface area contributed by atoms with Gasteiger partial charge in [-0.2, -0.15) is 0 Å². The van der Waals surface area contributed by atoms with Crippen molar-refractivity contribution in [2.24, 2.45) is 0 Å². The molecular formula is C20H18N4O4. The number of nitro groups is 2. The first-order chi connectivity index (χ1) is 13.5. The number of anilines is 1. The van der Waals surface area contributed by atoms with Crippen molar-refractivity contribution in [2.75, 3.05) is 5.43 Å². The molecule has 0 radical (unpaired) electrons. The summed E-state index contributed by atoms with van der Waals surface area (Å²) in [5.41, 5.74) is 4.63. The zero-order chi connectivity index (χ0) is 19.9. The van der Waals surface area contributed by atoms with Gasteiger partial charge in [-0.15, -0.1) is 0 Å². The predicted octanol–water partition coefficient (Wildman–Crippen LogP) is 4.53. The van der Waals surface area contributed by atoms with E-state index < -0.39 is 9.85 Å². The Morgan fingerprint density at radius 3 is 1.75 bits per heavy atom. The van der Waals surface area contributed by atoms with Crippen LogP contribution in [-0.2, 0) is 13.1 Å². The first-order valence-corrected chi connectivity index (χ1v) is 8.55. The molecule has 0 aliphatic rings. The number of hydrogen-bond donors (Lipinski definition) is 1. The molecule has 0 heterocycles. The van der Waals surface area contributed by atoms with Crippen molar-refractivity contribution >= 4 is 17.1 Å². The Labute approximate surface area is 161 Å². The largest absolute Gasteiger partial charge is 0.312 e. The predicted molar refractivity (Wildman–Crippen MR) is 106 cm³/mol. The van der Waals surface area contributed by atoms with Crippen LogP contribution in [0.3, 0.4) is 0 Å². The Morgan fingerprint density at radius 1 is 0.750 bits per heavy atom. The second-order valence-electron chi connectivity index (χ2n) is 6.15. The Bertz CT molecular complexity index is 923. The molecule has 8 heteroatoms. The number of benzene rings is 3. The minimum absolute atomic E-state index is 0.197. The van der Waals surface area contributed by atoms with Crippen LogP contribution in [0.15, 0.2) is 78.9 Å². The molecule has 3 rings (SSSR count). The van der Waals surface area contributed by atoms with E-state index in [2.05, 4.69) is 5.43 Å². The molecule has 0 atom stereocenters. The highest BCUT2D eigenvalue weighted by Gasteiger charge is 2.21. The van der Waals surface area contributed by atoms with Gasteiger partial charge in [-0.3, -0.25) is 20.2 Å². The number of hydrogen-bond acceptors (Lipinski definition) is 6. The van der Waals surface area contributed by atoms with Crippen molar-refractivity contribution in [3.05, 3.63) is 110 Å². The van der Waals surface area contributed by atoms with Gasteiger partial charge in [0.05, 0.1) is 15.9 Å². The molecule has 3 aromatic rings. The first-order valence-electron chi connectivity index (χ1n) is 8.55. The number of hydrazine groups is 1. The van der Waals surface area contributed by atoms with Crippen LogP contribution in [-0.4, -0.2) is 14.9 Å². The van der Waals surface area contributed by atoms with E-state index in [0.717, 1.165) is 17.2 Å². The van der Waals surface area contributed by atoms with Gasteiger partial charge in [0.15, 0.2) is 0 Å². The zero-order valence-electron chi connectivity index (χ0n) is 14.9. The van der Waals surface area contributed by atoms with E-state index in [0.29, 0.717) is 13.1 Å². The van der Waals surface area contributed by atoms with Gasteiger partial charge in [0.1, 0.15) is 5.69 Å². The van der Waals surface area contributed by atoms with Gasteiger partial charge in [0, 0.05) is 19.2 Å². The maximum Gasteiger partial charge on any atom is 0.300 e. The topological polar surface area (TPSA) is 102 Å². The van der Waals surface area contributed by atoms with E-state index in [1.54, 1.807) is 0 Å². The highest BCUT2D eigenvalue weighted by atomic mass is 16.6. The number of nitrogens with zero attached hydrogens (tertiary/aromatic N) is 3. The number of nitrogens with one attached hydrogen (secondary N) is 1. The zero-order valence-corrected chi connectivity index (χ0v) is 14.9. The van der Waals surface area contributed by atoms with Gasteiger partial charge in [-0.05, 0) is 17.2 Å². The van der Waals surface area contributed by atoms with E-state index in [9.17, 15) is 20.2 Å². The summed E-state index contributed by atoms with van der Waals surface area (Å²) in [4.78, 5) is 21.1. The van der Waals surface area contributed by atoms with Gasteiger partial charge >= 0.3 is 5.69 Å². The van der Waals surface area contributed by atoms with Crippen molar-refractivity contribution in [1.29, 1.82) is 0 Å². The van der Waals surface area contributed by atoms with Gasteiger partial charge in [0.25, 0.3) is 5.69 Å². The summed E-state index contributed by atoms with van der Waals surface area (Å²) in [5.74, 6) is 0. The van der Waals surface area contributed by atoms with Crippen LogP contribution in [0.2, 0.25) is 0 Å². The van der Waals surface area contributed by atoms with Crippen LogP contribution < -0.4 is 5.43 Å². The normalized spacial score (nSPS) is 10.6. The Morgan fingerprint density at radius 2 is 1.29 bits per heavy atom. The molecule has 0 spiro atoms. The summed E-state index contributed by atoms with van der Waals surface area (Å²) in [6, 6.07) is 22.9. The third-order valence-electron chi connectivity index (χ3n) is 4.10. The highest BCUT2D eigenvalue weighted by molar-refractivity contribution is 5.64. The Hall–Kier alpha value is -3.78. The van der Waals surface area contributed by atoms with Gasteiger partial charge in [-0.25, -0.2) is 5.01 Å². The second kappa shape index (κ2) is 8.74. The lowest BCUT2D eigenvalue weighted by molar-refractivity contribution is -0.393. The van der Waals surface area contributed by atoms with Crippen LogP contribution in [0.25, 0.3) is 0 Å². The molecule has 0 aliphatic carbocycles. The third kappa shape index (κ3) is 4.89. The van der Waals surface area contributed by atoms with Gasteiger partial charge in [0.2, 0.25) is 0 Å². The van der Waals surface area contributed by atoms with E-state index >= 15 is 0 Å². The van der Waals surface area contributed by atoms with Crippen molar-refractivity contribution in [2.45, 2.75) is 13.1 Å². The van der Waals surface area contributed by atoms with Crippen LogP contribution >= 0.6 is 0 Å². The Kier molecular flexibility index (Phi) is 5.93.